The lowest BCUT2D eigenvalue weighted by Crippen LogP contribution is -2.47. The van der Waals surface area contributed by atoms with Crippen molar-refractivity contribution in [2.75, 3.05) is 26.8 Å². The van der Waals surface area contributed by atoms with Crippen LogP contribution < -0.4 is 0 Å². The maximum absolute atomic E-state index is 10.3. The van der Waals surface area contributed by atoms with E-state index in [2.05, 4.69) is 25.8 Å². The smallest absolute Gasteiger partial charge is 0.0817 e. The first-order valence-electron chi connectivity index (χ1n) is 5.58. The number of hydrogen-bond donors (Lipinski definition) is 1. The highest BCUT2D eigenvalue weighted by atomic mass is 16.5. The van der Waals surface area contributed by atoms with E-state index in [-0.39, 0.29) is 0 Å². The summed E-state index contributed by atoms with van der Waals surface area (Å²) in [5.41, 5.74) is -0.517. The van der Waals surface area contributed by atoms with Gasteiger partial charge < -0.3 is 14.7 Å². The van der Waals surface area contributed by atoms with E-state index in [0.717, 1.165) is 25.8 Å². The molecule has 1 aliphatic rings. The summed E-state index contributed by atoms with van der Waals surface area (Å²) >= 11 is 0. The fourth-order valence-electron chi connectivity index (χ4n) is 1.84. The molecule has 0 saturated carbocycles. The van der Waals surface area contributed by atoms with Crippen molar-refractivity contribution in [3.8, 4) is 0 Å². The fraction of sp³-hybridized carbons (Fsp3) is 1.00. The predicted octanol–water partition coefficient (Wildman–Crippen LogP) is 1.26. The van der Waals surface area contributed by atoms with Gasteiger partial charge in [-0.1, -0.05) is 6.92 Å². The number of hydrogen-bond acceptors (Lipinski definition) is 3. The number of rotatable bonds is 4. The van der Waals surface area contributed by atoms with Crippen molar-refractivity contribution in [2.24, 2.45) is 0 Å². The summed E-state index contributed by atoms with van der Waals surface area (Å²) in [7, 11) is 2.08. The largest absolute Gasteiger partial charge is 0.388 e. The van der Waals surface area contributed by atoms with Crippen LogP contribution in [0.15, 0.2) is 0 Å². The summed E-state index contributed by atoms with van der Waals surface area (Å²) in [6.07, 6.45) is 2.67. The third kappa shape index (κ3) is 3.23. The highest BCUT2D eigenvalue weighted by molar-refractivity contribution is 4.85. The molecule has 1 aliphatic heterocycles. The quantitative estimate of drug-likeness (QED) is 0.743. The molecule has 0 spiro atoms. The van der Waals surface area contributed by atoms with Crippen LogP contribution in [0.2, 0.25) is 0 Å². The van der Waals surface area contributed by atoms with E-state index >= 15 is 0 Å². The highest BCUT2D eigenvalue weighted by Gasteiger charge is 2.31. The fourth-order valence-corrected chi connectivity index (χ4v) is 1.84. The molecule has 1 saturated heterocycles. The Balaban J connectivity index is 2.40. The molecule has 1 atom stereocenters. The molecular formula is C11H23NO2. The second kappa shape index (κ2) is 5.10. The van der Waals surface area contributed by atoms with Gasteiger partial charge in [0.2, 0.25) is 0 Å². The SMILES string of the molecule is CCC(C)N(C)CC1(O)CCOCC1. The third-order valence-electron chi connectivity index (χ3n) is 3.31. The van der Waals surface area contributed by atoms with Gasteiger partial charge in [-0.15, -0.1) is 0 Å². The minimum absolute atomic E-state index is 0.517. The van der Waals surface area contributed by atoms with Gasteiger partial charge in [-0.3, -0.25) is 0 Å². The topological polar surface area (TPSA) is 32.7 Å². The molecule has 0 bridgehead atoms. The Morgan fingerprint density at radius 1 is 1.43 bits per heavy atom. The molecule has 3 heteroatoms. The normalized spacial score (nSPS) is 23.8. The van der Waals surface area contributed by atoms with Gasteiger partial charge >= 0.3 is 0 Å². The molecule has 1 rings (SSSR count). The lowest BCUT2D eigenvalue weighted by atomic mass is 9.93. The molecule has 0 aliphatic carbocycles. The van der Waals surface area contributed by atoms with E-state index in [1.165, 1.54) is 0 Å². The van der Waals surface area contributed by atoms with E-state index < -0.39 is 5.60 Å². The van der Waals surface area contributed by atoms with Crippen molar-refractivity contribution in [3.05, 3.63) is 0 Å². The average molecular weight is 201 g/mol. The highest BCUT2D eigenvalue weighted by Crippen LogP contribution is 2.22. The summed E-state index contributed by atoms with van der Waals surface area (Å²) in [4.78, 5) is 2.24. The predicted molar refractivity (Wildman–Crippen MR) is 57.4 cm³/mol. The molecule has 1 N–H and O–H groups in total. The number of aliphatic hydroxyl groups is 1. The number of ether oxygens (including phenoxy) is 1. The van der Waals surface area contributed by atoms with Crippen molar-refractivity contribution in [1.82, 2.24) is 4.90 Å². The van der Waals surface area contributed by atoms with E-state index in [4.69, 9.17) is 4.74 Å². The molecule has 3 nitrogen and oxygen atoms in total. The van der Waals surface area contributed by atoms with Crippen LogP contribution in [0.5, 0.6) is 0 Å². The molecular weight excluding hydrogens is 178 g/mol. The van der Waals surface area contributed by atoms with Gasteiger partial charge in [-0.2, -0.15) is 0 Å². The maximum Gasteiger partial charge on any atom is 0.0817 e. The van der Waals surface area contributed by atoms with Gasteiger partial charge in [0.15, 0.2) is 0 Å². The van der Waals surface area contributed by atoms with Crippen molar-refractivity contribution >= 4 is 0 Å². The van der Waals surface area contributed by atoms with Crippen LogP contribution in [-0.2, 0) is 4.74 Å². The summed E-state index contributed by atoms with van der Waals surface area (Å²) in [5, 5.41) is 10.3. The first-order chi connectivity index (χ1) is 6.57. The van der Waals surface area contributed by atoms with Gasteiger partial charge in [-0.05, 0) is 20.4 Å². The van der Waals surface area contributed by atoms with Crippen molar-refractivity contribution in [2.45, 2.75) is 44.8 Å². The van der Waals surface area contributed by atoms with E-state index in [0.29, 0.717) is 19.3 Å². The zero-order valence-corrected chi connectivity index (χ0v) is 9.62. The van der Waals surface area contributed by atoms with Crippen molar-refractivity contribution in [3.63, 3.8) is 0 Å². The zero-order valence-electron chi connectivity index (χ0n) is 9.62. The van der Waals surface area contributed by atoms with Gasteiger partial charge in [0.25, 0.3) is 0 Å². The Bertz CT molecular complexity index is 167. The van der Waals surface area contributed by atoms with Gasteiger partial charge in [0.05, 0.1) is 5.60 Å². The Kier molecular flexibility index (Phi) is 4.35. The standard InChI is InChI=1S/C11H23NO2/c1-4-10(2)12(3)9-11(13)5-7-14-8-6-11/h10,13H,4-9H2,1-3H3. The second-order valence-electron chi connectivity index (χ2n) is 4.51. The monoisotopic (exact) mass is 201 g/mol. The summed E-state index contributed by atoms with van der Waals surface area (Å²) in [5.74, 6) is 0. The molecule has 1 unspecified atom stereocenters. The maximum atomic E-state index is 10.3. The molecule has 0 aromatic heterocycles. The first kappa shape index (κ1) is 12.0. The molecule has 0 aromatic rings. The number of likely N-dealkylation sites (N-methyl/N-ethyl adjacent to an activating group) is 1. The minimum atomic E-state index is -0.517. The average Bonchev–Trinajstić information content (AvgIpc) is 2.17. The van der Waals surface area contributed by atoms with Crippen LogP contribution in [0.4, 0.5) is 0 Å². The van der Waals surface area contributed by atoms with Crippen LogP contribution >= 0.6 is 0 Å². The molecule has 0 aromatic carbocycles. The Morgan fingerprint density at radius 3 is 2.50 bits per heavy atom. The molecule has 14 heavy (non-hydrogen) atoms. The van der Waals surface area contributed by atoms with Crippen LogP contribution in [-0.4, -0.2) is 48.5 Å². The van der Waals surface area contributed by atoms with Crippen LogP contribution in [0.3, 0.4) is 0 Å². The molecule has 0 radical (unpaired) electrons. The Hall–Kier alpha value is -0.120. The van der Waals surface area contributed by atoms with Gasteiger partial charge in [0, 0.05) is 38.6 Å². The van der Waals surface area contributed by atoms with Crippen LogP contribution in [0.1, 0.15) is 33.1 Å². The summed E-state index contributed by atoms with van der Waals surface area (Å²) in [6.45, 7) is 6.54. The van der Waals surface area contributed by atoms with Gasteiger partial charge in [-0.25, -0.2) is 0 Å². The first-order valence-corrected chi connectivity index (χ1v) is 5.58. The van der Waals surface area contributed by atoms with Gasteiger partial charge in [0.1, 0.15) is 0 Å². The van der Waals surface area contributed by atoms with Crippen molar-refractivity contribution < 1.29 is 9.84 Å². The summed E-state index contributed by atoms with van der Waals surface area (Å²) in [6, 6.07) is 0.543. The summed E-state index contributed by atoms with van der Waals surface area (Å²) < 4.78 is 5.25. The zero-order chi connectivity index (χ0) is 10.6. The lowest BCUT2D eigenvalue weighted by molar-refractivity contribution is -0.0807. The molecule has 84 valence electrons. The van der Waals surface area contributed by atoms with E-state index in [1.54, 1.807) is 0 Å². The van der Waals surface area contributed by atoms with Crippen molar-refractivity contribution in [1.29, 1.82) is 0 Å². The minimum Gasteiger partial charge on any atom is -0.388 e. The molecule has 0 amide bonds. The second-order valence-corrected chi connectivity index (χ2v) is 4.51. The lowest BCUT2D eigenvalue weighted by Gasteiger charge is -2.37. The Morgan fingerprint density at radius 2 is 2.00 bits per heavy atom. The molecule has 1 fully saturated rings. The van der Waals surface area contributed by atoms with Crippen LogP contribution in [0.25, 0.3) is 0 Å². The number of nitrogens with zero attached hydrogens (tertiary/aromatic N) is 1. The third-order valence-corrected chi connectivity index (χ3v) is 3.31. The van der Waals surface area contributed by atoms with E-state index in [1.807, 2.05) is 0 Å². The van der Waals surface area contributed by atoms with E-state index in [9.17, 15) is 5.11 Å². The molecule has 1 heterocycles. The van der Waals surface area contributed by atoms with Crippen LogP contribution in [0, 0.1) is 0 Å². The Labute approximate surface area is 87.1 Å².